The Morgan fingerprint density at radius 3 is 2.35 bits per heavy atom. The lowest BCUT2D eigenvalue weighted by molar-refractivity contribution is 0.103. The van der Waals surface area contributed by atoms with Crippen LogP contribution in [0.3, 0.4) is 0 Å². The molecule has 2 aromatic rings. The first-order valence-electron chi connectivity index (χ1n) is 4.43. The minimum atomic E-state index is -0.680. The van der Waals surface area contributed by atoms with Crippen molar-refractivity contribution in [3.8, 4) is 0 Å². The highest BCUT2D eigenvalue weighted by Gasteiger charge is 2.19. The molecule has 0 fully saturated rings. The zero-order chi connectivity index (χ0) is 12.6. The summed E-state index contributed by atoms with van der Waals surface area (Å²) in [7, 11) is 0. The van der Waals surface area contributed by atoms with E-state index in [1.807, 2.05) is 0 Å². The van der Waals surface area contributed by atoms with Gasteiger partial charge in [0.15, 0.2) is 5.78 Å². The second kappa shape index (κ2) is 4.94. The smallest absolute Gasteiger partial charge is 0.198 e. The highest BCUT2D eigenvalue weighted by atomic mass is 35.5. The normalized spacial score (nSPS) is 10.6. The second-order valence-electron chi connectivity index (χ2n) is 3.19. The Hall–Kier alpha value is -0.610. The van der Waals surface area contributed by atoms with Crippen molar-refractivity contribution in [1.82, 2.24) is 0 Å². The van der Waals surface area contributed by atoms with E-state index in [1.54, 1.807) is 0 Å². The zero-order valence-corrected chi connectivity index (χ0v) is 11.2. The summed E-state index contributed by atoms with van der Waals surface area (Å²) in [6, 6.07) is 5.27. The average Bonchev–Trinajstić information content (AvgIpc) is 2.57. The van der Waals surface area contributed by atoms with Gasteiger partial charge in [0.1, 0.15) is 10.2 Å². The highest BCUT2D eigenvalue weighted by molar-refractivity contribution is 7.20. The van der Waals surface area contributed by atoms with Crippen molar-refractivity contribution in [3.63, 3.8) is 0 Å². The van der Waals surface area contributed by atoms with Crippen LogP contribution in [0.4, 0.5) is 4.39 Å². The Morgan fingerprint density at radius 1 is 1.12 bits per heavy atom. The Balaban J connectivity index is 2.47. The lowest BCUT2D eigenvalue weighted by atomic mass is 10.1. The number of carbonyl (C=O) groups is 1. The fraction of sp³-hybridized carbons (Fsp3) is 0. The summed E-state index contributed by atoms with van der Waals surface area (Å²) in [5, 5.41) is 0.230. The van der Waals surface area contributed by atoms with E-state index in [0.29, 0.717) is 4.34 Å². The van der Waals surface area contributed by atoms with Gasteiger partial charge >= 0.3 is 0 Å². The largest absolute Gasteiger partial charge is 0.288 e. The summed E-state index contributed by atoms with van der Waals surface area (Å²) in [5.41, 5.74) is 0.119. The van der Waals surface area contributed by atoms with E-state index in [4.69, 9.17) is 34.8 Å². The number of rotatable bonds is 2. The predicted octanol–water partition coefficient (Wildman–Crippen LogP) is 5.08. The van der Waals surface area contributed by atoms with Crippen LogP contribution in [0.5, 0.6) is 0 Å². The third-order valence-electron chi connectivity index (χ3n) is 2.08. The summed E-state index contributed by atoms with van der Waals surface area (Å²) < 4.78 is 14.2. The Bertz CT molecular complexity index is 594. The number of carbonyl (C=O) groups excluding carboxylic acids is 1. The molecule has 17 heavy (non-hydrogen) atoms. The molecule has 0 unspecified atom stereocenters. The van der Waals surface area contributed by atoms with E-state index in [1.165, 1.54) is 18.2 Å². The minimum absolute atomic E-state index is 0.0780. The molecule has 0 aliphatic heterocycles. The molecule has 0 bridgehead atoms. The fourth-order valence-electron chi connectivity index (χ4n) is 1.31. The SMILES string of the molecule is O=C(c1ccc(Cl)cc1F)c1cc(Cl)sc1Cl. The first-order chi connectivity index (χ1) is 7.99. The summed E-state index contributed by atoms with van der Waals surface area (Å²) in [5.74, 6) is -1.19. The van der Waals surface area contributed by atoms with E-state index in [0.717, 1.165) is 17.4 Å². The molecule has 0 saturated carbocycles. The van der Waals surface area contributed by atoms with Crippen molar-refractivity contribution >= 4 is 51.9 Å². The Morgan fingerprint density at radius 2 is 1.82 bits per heavy atom. The van der Waals surface area contributed by atoms with Gasteiger partial charge in [-0.15, -0.1) is 11.3 Å². The van der Waals surface area contributed by atoms with Crippen molar-refractivity contribution in [1.29, 1.82) is 0 Å². The van der Waals surface area contributed by atoms with Gasteiger partial charge in [-0.1, -0.05) is 34.8 Å². The van der Waals surface area contributed by atoms with Crippen molar-refractivity contribution < 1.29 is 9.18 Å². The number of thiophene rings is 1. The van der Waals surface area contributed by atoms with E-state index in [2.05, 4.69) is 0 Å². The van der Waals surface area contributed by atoms with Gasteiger partial charge in [-0.2, -0.15) is 0 Å². The van der Waals surface area contributed by atoms with Crippen molar-refractivity contribution in [2.24, 2.45) is 0 Å². The molecule has 0 aliphatic carbocycles. The quantitative estimate of drug-likeness (QED) is 0.707. The maximum atomic E-state index is 13.5. The van der Waals surface area contributed by atoms with Crippen molar-refractivity contribution in [2.75, 3.05) is 0 Å². The number of ketones is 1. The first kappa shape index (κ1) is 12.8. The third kappa shape index (κ3) is 2.63. The number of hydrogen-bond acceptors (Lipinski definition) is 2. The summed E-state index contributed by atoms with van der Waals surface area (Å²) in [6.07, 6.45) is 0. The highest BCUT2D eigenvalue weighted by Crippen LogP contribution is 2.33. The molecule has 0 spiro atoms. The third-order valence-corrected chi connectivity index (χ3v) is 3.80. The van der Waals surface area contributed by atoms with Gasteiger partial charge in [0.2, 0.25) is 0 Å². The maximum absolute atomic E-state index is 13.5. The Labute approximate surface area is 116 Å². The van der Waals surface area contributed by atoms with Gasteiger partial charge in [0.25, 0.3) is 0 Å². The van der Waals surface area contributed by atoms with Crippen LogP contribution in [0.25, 0.3) is 0 Å². The lowest BCUT2D eigenvalue weighted by Crippen LogP contribution is -2.03. The molecule has 88 valence electrons. The van der Waals surface area contributed by atoms with Crippen LogP contribution >= 0.6 is 46.1 Å². The van der Waals surface area contributed by atoms with Crippen LogP contribution in [-0.2, 0) is 0 Å². The molecular weight excluding hydrogens is 306 g/mol. The second-order valence-corrected chi connectivity index (χ2v) is 5.91. The standard InChI is InChI=1S/C11H4Cl3FOS/c12-5-1-2-6(8(15)3-5)10(16)7-4-9(13)17-11(7)14/h1-4H. The number of halogens is 4. The fourth-order valence-corrected chi connectivity index (χ4v) is 2.93. The summed E-state index contributed by atoms with van der Waals surface area (Å²) in [4.78, 5) is 12.0. The van der Waals surface area contributed by atoms with Gasteiger partial charge in [-0.3, -0.25) is 4.79 Å². The maximum Gasteiger partial charge on any atom is 0.198 e. The molecule has 1 aromatic heterocycles. The van der Waals surface area contributed by atoms with Crippen LogP contribution in [0.15, 0.2) is 24.3 Å². The molecule has 1 heterocycles. The van der Waals surface area contributed by atoms with Crippen molar-refractivity contribution in [3.05, 3.63) is 54.9 Å². The van der Waals surface area contributed by atoms with E-state index >= 15 is 0 Å². The lowest BCUT2D eigenvalue weighted by Gasteiger charge is -2.01. The van der Waals surface area contributed by atoms with Gasteiger partial charge in [0, 0.05) is 5.02 Å². The average molecular weight is 310 g/mol. The van der Waals surface area contributed by atoms with Crippen LogP contribution < -0.4 is 0 Å². The van der Waals surface area contributed by atoms with Gasteiger partial charge in [-0.25, -0.2) is 4.39 Å². The van der Waals surface area contributed by atoms with E-state index < -0.39 is 11.6 Å². The number of benzene rings is 1. The van der Waals surface area contributed by atoms with Crippen LogP contribution in [0.2, 0.25) is 13.7 Å². The molecule has 1 aromatic carbocycles. The van der Waals surface area contributed by atoms with Crippen LogP contribution in [-0.4, -0.2) is 5.78 Å². The molecule has 0 saturated heterocycles. The molecular formula is C11H4Cl3FOS. The van der Waals surface area contributed by atoms with Crippen molar-refractivity contribution in [2.45, 2.75) is 0 Å². The zero-order valence-electron chi connectivity index (χ0n) is 8.14. The monoisotopic (exact) mass is 308 g/mol. The molecule has 1 nitrogen and oxygen atoms in total. The molecule has 0 atom stereocenters. The summed E-state index contributed by atoms with van der Waals surface area (Å²) >= 11 is 18.2. The molecule has 0 aliphatic rings. The molecule has 0 amide bonds. The Kier molecular flexibility index (Phi) is 3.73. The van der Waals surface area contributed by atoms with Crippen LogP contribution in [0.1, 0.15) is 15.9 Å². The minimum Gasteiger partial charge on any atom is -0.288 e. The van der Waals surface area contributed by atoms with E-state index in [-0.39, 0.29) is 20.5 Å². The van der Waals surface area contributed by atoms with E-state index in [9.17, 15) is 9.18 Å². The topological polar surface area (TPSA) is 17.1 Å². The van der Waals surface area contributed by atoms with Gasteiger partial charge in [-0.05, 0) is 24.3 Å². The molecule has 0 N–H and O–H groups in total. The molecule has 0 radical (unpaired) electrons. The number of hydrogen-bond donors (Lipinski definition) is 0. The first-order valence-corrected chi connectivity index (χ1v) is 6.38. The molecule has 2 rings (SSSR count). The van der Waals surface area contributed by atoms with Crippen LogP contribution in [0, 0.1) is 5.82 Å². The predicted molar refractivity (Wildman–Crippen MR) is 69.2 cm³/mol. The molecule has 6 heteroatoms. The van der Waals surface area contributed by atoms with Gasteiger partial charge in [0.05, 0.1) is 15.5 Å². The van der Waals surface area contributed by atoms with Gasteiger partial charge < -0.3 is 0 Å². The summed E-state index contributed by atoms with van der Waals surface area (Å²) in [6.45, 7) is 0.